The van der Waals surface area contributed by atoms with Crippen molar-refractivity contribution in [2.24, 2.45) is 17.0 Å². The van der Waals surface area contributed by atoms with Gasteiger partial charge < -0.3 is 9.88 Å². The molecule has 1 aliphatic carbocycles. The summed E-state index contributed by atoms with van der Waals surface area (Å²) in [5.74, 6) is 1.11. The lowest BCUT2D eigenvalue weighted by Crippen LogP contribution is -2.46. The summed E-state index contributed by atoms with van der Waals surface area (Å²) < 4.78 is 25.2. The number of nitrogens with one attached hydrogen (secondary N) is 1. The fraction of sp³-hybridized carbons (Fsp3) is 0.600. The van der Waals surface area contributed by atoms with Crippen LogP contribution in [0.2, 0.25) is 0 Å². The van der Waals surface area contributed by atoms with Crippen LogP contribution in [-0.2, 0) is 21.4 Å². The lowest BCUT2D eigenvalue weighted by Gasteiger charge is -2.35. The first-order valence-electron chi connectivity index (χ1n) is 10.1. The van der Waals surface area contributed by atoms with E-state index in [-0.39, 0.29) is 22.1 Å². The zero-order chi connectivity index (χ0) is 21.3. The van der Waals surface area contributed by atoms with Crippen molar-refractivity contribution < 1.29 is 13.2 Å². The van der Waals surface area contributed by atoms with Crippen molar-refractivity contribution in [3.63, 3.8) is 0 Å². The molecule has 7 nitrogen and oxygen atoms in total. The highest BCUT2D eigenvalue weighted by molar-refractivity contribution is 8.00. The molecule has 1 aliphatic rings. The summed E-state index contributed by atoms with van der Waals surface area (Å²) in [5, 5.41) is 8.85. The number of imidazole rings is 1. The fourth-order valence-corrected chi connectivity index (χ4v) is 5.49. The number of aryl methyl sites for hydroxylation is 1. The maximum atomic E-state index is 12.8. The molecule has 1 aromatic heterocycles. The quantitative estimate of drug-likeness (QED) is 0.674. The Kier molecular flexibility index (Phi) is 6.60. The molecule has 1 heterocycles. The Bertz CT molecular complexity index is 1000. The number of nitrogens with two attached hydrogens (primary N) is 1. The predicted octanol–water partition coefficient (Wildman–Crippen LogP) is 3.13. The van der Waals surface area contributed by atoms with Gasteiger partial charge in [0, 0.05) is 12.6 Å². The lowest BCUT2D eigenvalue weighted by molar-refractivity contribution is -0.121. The Morgan fingerprint density at radius 3 is 2.76 bits per heavy atom. The molecule has 0 radical (unpaired) electrons. The Hall–Kier alpha value is -1.58. The van der Waals surface area contributed by atoms with Crippen LogP contribution in [0.5, 0.6) is 0 Å². The first-order valence-corrected chi connectivity index (χ1v) is 12.5. The van der Waals surface area contributed by atoms with Crippen LogP contribution in [0.15, 0.2) is 28.3 Å². The van der Waals surface area contributed by atoms with E-state index in [1.165, 1.54) is 30.3 Å². The molecule has 3 rings (SSSR count). The predicted molar refractivity (Wildman–Crippen MR) is 116 cm³/mol. The van der Waals surface area contributed by atoms with E-state index in [9.17, 15) is 13.2 Å². The van der Waals surface area contributed by atoms with Crippen LogP contribution in [-0.4, -0.2) is 35.2 Å². The van der Waals surface area contributed by atoms with Gasteiger partial charge >= 0.3 is 0 Å². The third-order valence-electron chi connectivity index (χ3n) is 6.02. The van der Waals surface area contributed by atoms with Gasteiger partial charge in [0.1, 0.15) is 0 Å². The second kappa shape index (κ2) is 8.65. The smallest absolute Gasteiger partial charge is 0.238 e. The van der Waals surface area contributed by atoms with E-state index >= 15 is 0 Å². The zero-order valence-corrected chi connectivity index (χ0v) is 19.0. The van der Waals surface area contributed by atoms with Crippen LogP contribution in [0, 0.1) is 11.8 Å². The number of amides is 1. The van der Waals surface area contributed by atoms with E-state index in [1.54, 1.807) is 6.07 Å². The number of fused-ring (bicyclic) bond motifs is 1. The molecule has 9 heteroatoms. The molecule has 2 aromatic rings. The molecule has 1 aromatic carbocycles. The Balaban J connectivity index is 1.78. The molecular weight excluding hydrogens is 408 g/mol. The number of sulfonamides is 1. The van der Waals surface area contributed by atoms with Crippen molar-refractivity contribution in [1.82, 2.24) is 14.9 Å². The molecule has 0 unspecified atom stereocenters. The molecular formula is C20H30N4O3S2. The van der Waals surface area contributed by atoms with Crippen LogP contribution in [0.1, 0.15) is 47.0 Å². The highest BCUT2D eigenvalue weighted by Crippen LogP contribution is 2.31. The summed E-state index contributed by atoms with van der Waals surface area (Å²) in [6, 6.07) is 4.90. The van der Waals surface area contributed by atoms with E-state index in [0.717, 1.165) is 18.4 Å². The lowest BCUT2D eigenvalue weighted by atomic mass is 9.78. The Morgan fingerprint density at radius 1 is 1.38 bits per heavy atom. The summed E-state index contributed by atoms with van der Waals surface area (Å²) in [5.41, 5.74) is 1.38. The fourth-order valence-electron chi connectivity index (χ4n) is 3.96. The molecule has 1 saturated carbocycles. The van der Waals surface area contributed by atoms with Gasteiger partial charge in [-0.2, -0.15) is 0 Å². The van der Waals surface area contributed by atoms with Crippen molar-refractivity contribution in [1.29, 1.82) is 0 Å². The van der Waals surface area contributed by atoms with Gasteiger partial charge in [0.2, 0.25) is 15.9 Å². The van der Waals surface area contributed by atoms with E-state index in [2.05, 4.69) is 24.1 Å². The van der Waals surface area contributed by atoms with Gasteiger partial charge in [-0.15, -0.1) is 0 Å². The number of hydrogen-bond acceptors (Lipinski definition) is 5. The van der Waals surface area contributed by atoms with Crippen molar-refractivity contribution in [3.8, 4) is 0 Å². The second-order valence-corrected chi connectivity index (χ2v) is 10.8. The van der Waals surface area contributed by atoms with Crippen LogP contribution in [0.4, 0.5) is 0 Å². The van der Waals surface area contributed by atoms with Gasteiger partial charge in [0.15, 0.2) is 5.16 Å². The van der Waals surface area contributed by atoms with Crippen molar-refractivity contribution in [2.75, 3.05) is 0 Å². The summed E-state index contributed by atoms with van der Waals surface area (Å²) in [6.07, 6.45) is 3.40. The maximum absolute atomic E-state index is 12.8. The van der Waals surface area contributed by atoms with Gasteiger partial charge in [-0.05, 0) is 50.3 Å². The van der Waals surface area contributed by atoms with Gasteiger partial charge in [-0.3, -0.25) is 4.79 Å². The highest BCUT2D eigenvalue weighted by atomic mass is 32.2. The number of rotatable bonds is 6. The van der Waals surface area contributed by atoms with Gasteiger partial charge in [-0.1, -0.05) is 38.5 Å². The summed E-state index contributed by atoms with van der Waals surface area (Å²) in [6.45, 7) is 9.01. The molecule has 1 amide bonds. The highest BCUT2D eigenvalue weighted by Gasteiger charge is 2.30. The molecule has 0 aliphatic heterocycles. The van der Waals surface area contributed by atoms with E-state index in [1.807, 2.05) is 18.4 Å². The summed E-state index contributed by atoms with van der Waals surface area (Å²) >= 11 is 1.39. The second-order valence-electron chi connectivity index (χ2n) is 7.98. The largest absolute Gasteiger partial charge is 0.352 e. The van der Waals surface area contributed by atoms with Crippen LogP contribution in [0.25, 0.3) is 11.0 Å². The number of thioether (sulfide) groups is 1. The minimum atomic E-state index is -3.79. The SMILES string of the molecule is CCn1c(S[C@H](C)C(=O)N[C@H]2CCC[C@H](C)[C@@H]2C)nc2cc(S(N)(=O)=O)ccc21. The average molecular weight is 439 g/mol. The summed E-state index contributed by atoms with van der Waals surface area (Å²) in [4.78, 5) is 17.4. The molecule has 4 atom stereocenters. The minimum absolute atomic E-state index is 0.0147. The standard InChI is InChI=1S/C20H30N4O3S2/c1-5-24-18-10-9-15(29(21,26)27)11-17(18)23-20(24)28-14(4)19(25)22-16-8-6-7-12(2)13(16)3/h9-14,16H,5-8H2,1-4H3,(H,22,25)(H2,21,26,27)/t12-,13-,14+,16-/m0/s1. The summed E-state index contributed by atoms with van der Waals surface area (Å²) in [7, 11) is -3.79. The number of hydrogen-bond donors (Lipinski definition) is 2. The average Bonchev–Trinajstić information content (AvgIpc) is 3.00. The van der Waals surface area contributed by atoms with E-state index in [0.29, 0.717) is 29.1 Å². The zero-order valence-electron chi connectivity index (χ0n) is 17.4. The number of carbonyl (C=O) groups excluding carboxylic acids is 1. The maximum Gasteiger partial charge on any atom is 0.238 e. The monoisotopic (exact) mass is 438 g/mol. The Labute approximate surface area is 176 Å². The van der Waals surface area contributed by atoms with Crippen LogP contribution >= 0.6 is 11.8 Å². The van der Waals surface area contributed by atoms with E-state index < -0.39 is 10.0 Å². The van der Waals surface area contributed by atoms with E-state index in [4.69, 9.17) is 5.14 Å². The topological polar surface area (TPSA) is 107 Å². The van der Waals surface area contributed by atoms with Crippen LogP contribution < -0.4 is 10.5 Å². The normalized spacial score (nSPS) is 23.8. The minimum Gasteiger partial charge on any atom is -0.352 e. The van der Waals surface area contributed by atoms with Crippen molar-refractivity contribution in [3.05, 3.63) is 18.2 Å². The first kappa shape index (κ1) is 22.1. The number of primary sulfonamides is 1. The third kappa shape index (κ3) is 4.78. The Morgan fingerprint density at radius 2 is 2.10 bits per heavy atom. The molecule has 29 heavy (non-hydrogen) atoms. The molecule has 0 saturated heterocycles. The number of aromatic nitrogens is 2. The molecule has 1 fully saturated rings. The third-order valence-corrected chi connectivity index (χ3v) is 8.02. The molecule has 160 valence electrons. The molecule has 0 bridgehead atoms. The molecule has 3 N–H and O–H groups in total. The number of nitrogens with zero attached hydrogens (tertiary/aromatic N) is 2. The van der Waals surface area contributed by atoms with Crippen LogP contribution in [0.3, 0.4) is 0 Å². The van der Waals surface area contributed by atoms with Crippen molar-refractivity contribution in [2.45, 2.75) is 74.8 Å². The number of benzene rings is 1. The molecule has 0 spiro atoms. The van der Waals surface area contributed by atoms with Crippen molar-refractivity contribution >= 4 is 38.7 Å². The van der Waals surface area contributed by atoms with Gasteiger partial charge in [-0.25, -0.2) is 18.5 Å². The number of carbonyl (C=O) groups is 1. The van der Waals surface area contributed by atoms with Gasteiger partial charge in [0.05, 0.1) is 21.2 Å². The first-order chi connectivity index (χ1) is 13.6. The van der Waals surface area contributed by atoms with Gasteiger partial charge in [0.25, 0.3) is 0 Å².